The van der Waals surface area contributed by atoms with Crippen LogP contribution in [0.5, 0.6) is 17.2 Å². The zero-order valence-electron chi connectivity index (χ0n) is 12.3. The van der Waals surface area contributed by atoms with Gasteiger partial charge in [0.25, 0.3) is 0 Å². The Hall–Kier alpha value is -2.00. The Kier molecular flexibility index (Phi) is 4.41. The molecule has 1 fully saturated rings. The zero-order valence-corrected chi connectivity index (χ0v) is 12.3. The van der Waals surface area contributed by atoms with Crippen molar-refractivity contribution < 1.29 is 9.47 Å². The molecule has 1 aliphatic heterocycles. The number of rotatable bonds is 5. The van der Waals surface area contributed by atoms with E-state index in [1.54, 1.807) is 0 Å². The van der Waals surface area contributed by atoms with Crippen LogP contribution in [0.1, 0.15) is 18.4 Å². The van der Waals surface area contributed by atoms with Gasteiger partial charge >= 0.3 is 0 Å². The van der Waals surface area contributed by atoms with Crippen LogP contribution in [0.2, 0.25) is 0 Å². The summed E-state index contributed by atoms with van der Waals surface area (Å²) in [5, 5.41) is 3.43. The molecular formula is C18H21NO2. The van der Waals surface area contributed by atoms with Crippen molar-refractivity contribution in [1.29, 1.82) is 0 Å². The van der Waals surface area contributed by atoms with E-state index in [-0.39, 0.29) is 0 Å². The van der Waals surface area contributed by atoms with Gasteiger partial charge in [-0.05, 0) is 62.7 Å². The highest BCUT2D eigenvalue weighted by Gasteiger charge is 2.14. The summed E-state index contributed by atoms with van der Waals surface area (Å²) >= 11 is 0. The number of ether oxygens (including phenoxy) is 2. The molecule has 110 valence electrons. The van der Waals surface area contributed by atoms with Crippen molar-refractivity contribution in [2.24, 2.45) is 0 Å². The molecule has 1 N–H and O–H groups in total. The summed E-state index contributed by atoms with van der Waals surface area (Å²) in [5.41, 5.74) is 1.23. The molecule has 0 aromatic heterocycles. The van der Waals surface area contributed by atoms with Crippen molar-refractivity contribution in [3.05, 3.63) is 54.1 Å². The normalized spacial score (nSPS) is 17.7. The Balaban J connectivity index is 1.54. The topological polar surface area (TPSA) is 30.5 Å². The van der Waals surface area contributed by atoms with E-state index in [0.29, 0.717) is 6.04 Å². The van der Waals surface area contributed by atoms with Crippen molar-refractivity contribution >= 4 is 0 Å². The molecule has 0 radical (unpaired) electrons. The average molecular weight is 283 g/mol. The summed E-state index contributed by atoms with van der Waals surface area (Å²) in [7, 11) is 0. The molecule has 21 heavy (non-hydrogen) atoms. The van der Waals surface area contributed by atoms with E-state index in [9.17, 15) is 0 Å². The molecule has 3 rings (SSSR count). The fourth-order valence-electron chi connectivity index (χ4n) is 2.44. The first kappa shape index (κ1) is 14.0. The smallest absolute Gasteiger partial charge is 0.127 e. The summed E-state index contributed by atoms with van der Waals surface area (Å²) in [4.78, 5) is 0. The van der Waals surface area contributed by atoms with Gasteiger partial charge in [-0.2, -0.15) is 0 Å². The predicted molar refractivity (Wildman–Crippen MR) is 84.2 cm³/mol. The van der Waals surface area contributed by atoms with E-state index in [4.69, 9.17) is 9.47 Å². The third kappa shape index (κ3) is 3.99. The van der Waals surface area contributed by atoms with E-state index >= 15 is 0 Å². The van der Waals surface area contributed by atoms with Gasteiger partial charge in [-0.15, -0.1) is 0 Å². The Morgan fingerprint density at radius 3 is 2.19 bits per heavy atom. The van der Waals surface area contributed by atoms with Crippen LogP contribution in [-0.2, 0) is 0 Å². The lowest BCUT2D eigenvalue weighted by atomic mass is 10.2. The SMILES string of the molecule is Cc1ccc(Oc2ccc(OCC3CCCN3)cc2)cc1. The van der Waals surface area contributed by atoms with E-state index in [0.717, 1.165) is 30.4 Å². The molecule has 1 aliphatic rings. The van der Waals surface area contributed by atoms with Crippen LogP contribution in [0.25, 0.3) is 0 Å². The molecule has 0 amide bonds. The second-order valence-corrected chi connectivity index (χ2v) is 5.49. The minimum Gasteiger partial charge on any atom is -0.492 e. The minimum absolute atomic E-state index is 0.494. The molecule has 1 saturated heterocycles. The van der Waals surface area contributed by atoms with Crippen molar-refractivity contribution in [1.82, 2.24) is 5.32 Å². The first-order chi connectivity index (χ1) is 10.3. The lowest BCUT2D eigenvalue weighted by molar-refractivity contribution is 0.277. The number of benzene rings is 2. The van der Waals surface area contributed by atoms with Crippen molar-refractivity contribution in [3.8, 4) is 17.2 Å². The summed E-state index contributed by atoms with van der Waals surface area (Å²) in [6, 6.07) is 16.3. The second kappa shape index (κ2) is 6.64. The van der Waals surface area contributed by atoms with Crippen LogP contribution < -0.4 is 14.8 Å². The quantitative estimate of drug-likeness (QED) is 0.902. The number of hydrogen-bond donors (Lipinski definition) is 1. The maximum Gasteiger partial charge on any atom is 0.127 e. The van der Waals surface area contributed by atoms with Gasteiger partial charge in [0.2, 0.25) is 0 Å². The Morgan fingerprint density at radius 2 is 1.57 bits per heavy atom. The Morgan fingerprint density at radius 1 is 0.952 bits per heavy atom. The van der Waals surface area contributed by atoms with Crippen molar-refractivity contribution in [3.63, 3.8) is 0 Å². The molecule has 2 aromatic carbocycles. The van der Waals surface area contributed by atoms with E-state index in [1.807, 2.05) is 48.5 Å². The van der Waals surface area contributed by atoms with Crippen LogP contribution in [-0.4, -0.2) is 19.2 Å². The summed E-state index contributed by atoms with van der Waals surface area (Å²) < 4.78 is 11.6. The van der Waals surface area contributed by atoms with Gasteiger partial charge in [0.1, 0.15) is 23.9 Å². The molecule has 1 atom stereocenters. The van der Waals surface area contributed by atoms with E-state index in [2.05, 4.69) is 12.2 Å². The van der Waals surface area contributed by atoms with Crippen LogP contribution in [0.15, 0.2) is 48.5 Å². The standard InChI is InChI=1S/C18H21NO2/c1-14-4-6-17(7-5-14)21-18-10-8-16(9-11-18)20-13-15-3-2-12-19-15/h4-11,15,19H,2-3,12-13H2,1H3. The number of nitrogens with one attached hydrogen (secondary N) is 1. The largest absolute Gasteiger partial charge is 0.492 e. The monoisotopic (exact) mass is 283 g/mol. The predicted octanol–water partition coefficient (Wildman–Crippen LogP) is 3.92. The van der Waals surface area contributed by atoms with Gasteiger partial charge < -0.3 is 14.8 Å². The van der Waals surface area contributed by atoms with E-state index in [1.165, 1.54) is 18.4 Å². The molecule has 0 aliphatic carbocycles. The maximum atomic E-state index is 5.80. The Bertz CT molecular complexity index is 557. The first-order valence-corrected chi connectivity index (χ1v) is 7.50. The molecule has 1 heterocycles. The molecule has 0 bridgehead atoms. The molecule has 2 aromatic rings. The maximum absolute atomic E-state index is 5.80. The fraction of sp³-hybridized carbons (Fsp3) is 0.333. The molecule has 0 saturated carbocycles. The highest BCUT2D eigenvalue weighted by molar-refractivity contribution is 5.36. The first-order valence-electron chi connectivity index (χ1n) is 7.50. The summed E-state index contributed by atoms with van der Waals surface area (Å²) in [6.45, 7) is 3.91. The lowest BCUT2D eigenvalue weighted by Gasteiger charge is -2.12. The van der Waals surface area contributed by atoms with Crippen LogP contribution in [0.3, 0.4) is 0 Å². The highest BCUT2D eigenvalue weighted by atomic mass is 16.5. The zero-order chi connectivity index (χ0) is 14.5. The van der Waals surface area contributed by atoms with Gasteiger partial charge in [-0.25, -0.2) is 0 Å². The summed E-state index contributed by atoms with van der Waals surface area (Å²) in [5.74, 6) is 2.56. The van der Waals surface area contributed by atoms with Crippen LogP contribution >= 0.6 is 0 Å². The van der Waals surface area contributed by atoms with Gasteiger partial charge in [0.05, 0.1) is 0 Å². The fourth-order valence-corrected chi connectivity index (χ4v) is 2.44. The second-order valence-electron chi connectivity index (χ2n) is 5.49. The van der Waals surface area contributed by atoms with Gasteiger partial charge in [0, 0.05) is 6.04 Å². The molecule has 1 unspecified atom stereocenters. The minimum atomic E-state index is 0.494. The van der Waals surface area contributed by atoms with Gasteiger partial charge in [0.15, 0.2) is 0 Å². The number of hydrogen-bond acceptors (Lipinski definition) is 3. The molecule has 3 heteroatoms. The Labute approximate surface area is 125 Å². The van der Waals surface area contributed by atoms with Gasteiger partial charge in [-0.3, -0.25) is 0 Å². The van der Waals surface area contributed by atoms with Crippen LogP contribution in [0, 0.1) is 6.92 Å². The third-order valence-electron chi connectivity index (χ3n) is 3.69. The van der Waals surface area contributed by atoms with E-state index < -0.39 is 0 Å². The number of aryl methyl sites for hydroxylation is 1. The molecular weight excluding hydrogens is 262 g/mol. The molecule has 0 spiro atoms. The van der Waals surface area contributed by atoms with Gasteiger partial charge in [-0.1, -0.05) is 17.7 Å². The lowest BCUT2D eigenvalue weighted by Crippen LogP contribution is -2.28. The molecule has 3 nitrogen and oxygen atoms in total. The van der Waals surface area contributed by atoms with Crippen molar-refractivity contribution in [2.45, 2.75) is 25.8 Å². The van der Waals surface area contributed by atoms with Crippen LogP contribution in [0.4, 0.5) is 0 Å². The third-order valence-corrected chi connectivity index (χ3v) is 3.69. The van der Waals surface area contributed by atoms with Crippen molar-refractivity contribution in [2.75, 3.05) is 13.2 Å². The highest BCUT2D eigenvalue weighted by Crippen LogP contribution is 2.24. The average Bonchev–Trinajstić information content (AvgIpc) is 3.02. The summed E-state index contributed by atoms with van der Waals surface area (Å²) in [6.07, 6.45) is 2.45.